The first-order valence-corrected chi connectivity index (χ1v) is 9.50. The molecule has 138 valence electrons. The standard InChI is InChI=1S/C20H23NO4S/c1-3-14(2)15-7-4-5-8-16(15)21-19(23)13-25-20(24)11-10-17(22)18-9-6-12-26-18/h4-9,12,14H,3,10-11,13H2,1-2H3,(H,21,23)/t14-/m0/s1. The Balaban J connectivity index is 1.78. The molecule has 0 aliphatic heterocycles. The molecule has 2 rings (SSSR count). The van der Waals surface area contributed by atoms with Gasteiger partial charge in [-0.1, -0.05) is 38.1 Å². The van der Waals surface area contributed by atoms with Crippen molar-refractivity contribution in [2.24, 2.45) is 0 Å². The number of para-hydroxylation sites is 1. The first-order valence-electron chi connectivity index (χ1n) is 8.62. The van der Waals surface area contributed by atoms with Crippen molar-refractivity contribution >= 4 is 34.7 Å². The van der Waals surface area contributed by atoms with Crippen molar-refractivity contribution in [1.29, 1.82) is 0 Å². The number of benzene rings is 1. The second-order valence-corrected chi connectivity index (χ2v) is 6.95. The van der Waals surface area contributed by atoms with Gasteiger partial charge in [-0.05, 0) is 35.4 Å². The van der Waals surface area contributed by atoms with Crippen LogP contribution in [0.1, 0.15) is 54.3 Å². The number of amides is 1. The summed E-state index contributed by atoms with van der Waals surface area (Å²) < 4.78 is 4.97. The molecule has 26 heavy (non-hydrogen) atoms. The lowest BCUT2D eigenvalue weighted by atomic mass is 9.97. The zero-order valence-corrected chi connectivity index (χ0v) is 15.8. The van der Waals surface area contributed by atoms with Crippen molar-refractivity contribution < 1.29 is 19.1 Å². The number of ether oxygens (including phenoxy) is 1. The van der Waals surface area contributed by atoms with Gasteiger partial charge in [0.05, 0.1) is 11.3 Å². The molecule has 1 N–H and O–H groups in total. The lowest BCUT2D eigenvalue weighted by molar-refractivity contribution is -0.147. The topological polar surface area (TPSA) is 72.5 Å². The molecule has 1 heterocycles. The van der Waals surface area contributed by atoms with E-state index in [-0.39, 0.29) is 25.2 Å². The van der Waals surface area contributed by atoms with Gasteiger partial charge in [0.2, 0.25) is 0 Å². The van der Waals surface area contributed by atoms with Crippen LogP contribution in [0, 0.1) is 0 Å². The van der Waals surface area contributed by atoms with Crippen molar-refractivity contribution in [1.82, 2.24) is 0 Å². The Bertz CT molecular complexity index is 755. The maximum absolute atomic E-state index is 12.1. The Morgan fingerprint density at radius 3 is 2.58 bits per heavy atom. The number of hydrogen-bond donors (Lipinski definition) is 1. The third-order valence-electron chi connectivity index (χ3n) is 4.09. The number of carbonyl (C=O) groups excluding carboxylic acids is 3. The van der Waals surface area contributed by atoms with Crippen molar-refractivity contribution in [2.75, 3.05) is 11.9 Å². The Kier molecular flexibility index (Phi) is 7.53. The SMILES string of the molecule is CC[C@H](C)c1ccccc1NC(=O)COC(=O)CCC(=O)c1cccs1. The first kappa shape index (κ1) is 19.8. The van der Waals surface area contributed by atoms with Gasteiger partial charge in [0, 0.05) is 12.1 Å². The van der Waals surface area contributed by atoms with Crippen LogP contribution < -0.4 is 5.32 Å². The Hall–Kier alpha value is -2.47. The van der Waals surface area contributed by atoms with E-state index in [0.29, 0.717) is 10.8 Å². The molecular formula is C20H23NO4S. The fourth-order valence-corrected chi connectivity index (χ4v) is 3.14. The van der Waals surface area contributed by atoms with E-state index in [9.17, 15) is 14.4 Å². The minimum atomic E-state index is -0.555. The van der Waals surface area contributed by atoms with Gasteiger partial charge >= 0.3 is 5.97 Å². The number of thiophene rings is 1. The normalized spacial score (nSPS) is 11.6. The average molecular weight is 373 g/mol. The summed E-state index contributed by atoms with van der Waals surface area (Å²) in [4.78, 5) is 36.3. The summed E-state index contributed by atoms with van der Waals surface area (Å²) in [6, 6.07) is 11.1. The maximum Gasteiger partial charge on any atom is 0.306 e. The highest BCUT2D eigenvalue weighted by molar-refractivity contribution is 7.12. The maximum atomic E-state index is 12.1. The van der Waals surface area contributed by atoms with Crippen LogP contribution in [-0.2, 0) is 14.3 Å². The van der Waals surface area contributed by atoms with Crippen LogP contribution in [0.2, 0.25) is 0 Å². The molecule has 0 aliphatic carbocycles. The van der Waals surface area contributed by atoms with Gasteiger partial charge in [-0.3, -0.25) is 14.4 Å². The fourth-order valence-electron chi connectivity index (χ4n) is 2.44. The molecule has 1 amide bonds. The van der Waals surface area contributed by atoms with E-state index in [2.05, 4.69) is 19.2 Å². The van der Waals surface area contributed by atoms with Crippen LogP contribution in [0.4, 0.5) is 5.69 Å². The molecule has 0 spiro atoms. The van der Waals surface area contributed by atoms with E-state index >= 15 is 0 Å². The minimum absolute atomic E-state index is 0.0343. The van der Waals surface area contributed by atoms with Crippen LogP contribution in [0.3, 0.4) is 0 Å². The highest BCUT2D eigenvalue weighted by Gasteiger charge is 2.14. The molecule has 1 aromatic carbocycles. The predicted octanol–water partition coefficient (Wildman–Crippen LogP) is 4.41. The van der Waals surface area contributed by atoms with Crippen LogP contribution in [0.25, 0.3) is 0 Å². The third-order valence-corrected chi connectivity index (χ3v) is 5.01. The highest BCUT2D eigenvalue weighted by atomic mass is 32.1. The van der Waals surface area contributed by atoms with Gasteiger partial charge in [0.15, 0.2) is 12.4 Å². The molecular weight excluding hydrogens is 350 g/mol. The predicted molar refractivity (Wildman–Crippen MR) is 103 cm³/mol. The smallest absolute Gasteiger partial charge is 0.306 e. The van der Waals surface area contributed by atoms with Crippen LogP contribution >= 0.6 is 11.3 Å². The number of nitrogens with one attached hydrogen (secondary N) is 1. The third kappa shape index (κ3) is 5.81. The molecule has 5 nitrogen and oxygen atoms in total. The molecule has 0 fully saturated rings. The summed E-state index contributed by atoms with van der Waals surface area (Å²) in [6.07, 6.45) is 1.01. The van der Waals surface area contributed by atoms with Crippen molar-refractivity contribution in [2.45, 2.75) is 39.0 Å². The summed E-state index contributed by atoms with van der Waals surface area (Å²) >= 11 is 1.34. The molecule has 1 aromatic heterocycles. The molecule has 0 saturated heterocycles. The van der Waals surface area contributed by atoms with E-state index < -0.39 is 11.9 Å². The van der Waals surface area contributed by atoms with E-state index in [0.717, 1.165) is 17.7 Å². The number of rotatable bonds is 9. The second kappa shape index (κ2) is 9.87. The molecule has 6 heteroatoms. The number of hydrogen-bond acceptors (Lipinski definition) is 5. The van der Waals surface area contributed by atoms with E-state index in [1.165, 1.54) is 11.3 Å². The van der Waals surface area contributed by atoms with Crippen LogP contribution in [0.5, 0.6) is 0 Å². The fraction of sp³-hybridized carbons (Fsp3) is 0.350. The summed E-state index contributed by atoms with van der Waals surface area (Å²) in [5, 5.41) is 4.60. The zero-order chi connectivity index (χ0) is 18.9. The Morgan fingerprint density at radius 1 is 1.12 bits per heavy atom. The monoisotopic (exact) mass is 373 g/mol. The number of anilines is 1. The van der Waals surface area contributed by atoms with E-state index in [4.69, 9.17) is 4.74 Å². The average Bonchev–Trinajstić information content (AvgIpc) is 3.19. The molecule has 0 unspecified atom stereocenters. The highest BCUT2D eigenvalue weighted by Crippen LogP contribution is 2.26. The zero-order valence-electron chi connectivity index (χ0n) is 15.0. The summed E-state index contributed by atoms with van der Waals surface area (Å²) in [5.41, 5.74) is 1.78. The number of carbonyl (C=O) groups is 3. The summed E-state index contributed by atoms with van der Waals surface area (Å²) in [6.45, 7) is 3.82. The van der Waals surface area contributed by atoms with Gasteiger partial charge in [-0.25, -0.2) is 0 Å². The number of ketones is 1. The van der Waals surface area contributed by atoms with Gasteiger partial charge in [-0.15, -0.1) is 11.3 Å². The molecule has 0 radical (unpaired) electrons. The van der Waals surface area contributed by atoms with Gasteiger partial charge in [0.1, 0.15) is 0 Å². The quantitative estimate of drug-likeness (QED) is 0.522. The van der Waals surface area contributed by atoms with Crippen molar-refractivity contribution in [3.05, 3.63) is 52.2 Å². The molecule has 0 aliphatic rings. The lowest BCUT2D eigenvalue weighted by Gasteiger charge is -2.15. The Morgan fingerprint density at radius 2 is 1.88 bits per heavy atom. The molecule has 0 saturated carbocycles. The first-order chi connectivity index (χ1) is 12.5. The second-order valence-electron chi connectivity index (χ2n) is 6.01. The summed E-state index contributed by atoms with van der Waals surface area (Å²) in [7, 11) is 0. The Labute approximate surface area is 157 Å². The molecule has 0 bridgehead atoms. The van der Waals surface area contributed by atoms with Gasteiger partial charge < -0.3 is 10.1 Å². The van der Waals surface area contributed by atoms with Crippen molar-refractivity contribution in [3.8, 4) is 0 Å². The number of esters is 1. The molecule has 1 atom stereocenters. The lowest BCUT2D eigenvalue weighted by Crippen LogP contribution is -2.22. The van der Waals surface area contributed by atoms with E-state index in [1.54, 1.807) is 12.1 Å². The van der Waals surface area contributed by atoms with Crippen molar-refractivity contribution in [3.63, 3.8) is 0 Å². The van der Waals surface area contributed by atoms with Crippen LogP contribution in [-0.4, -0.2) is 24.3 Å². The summed E-state index contributed by atoms with van der Waals surface area (Å²) in [5.74, 6) is -0.722. The van der Waals surface area contributed by atoms with Gasteiger partial charge in [0.25, 0.3) is 5.91 Å². The van der Waals surface area contributed by atoms with E-state index in [1.807, 2.05) is 29.6 Å². The number of Topliss-reactive ketones (excluding diaryl/α,β-unsaturated/α-hetero) is 1. The largest absolute Gasteiger partial charge is 0.456 e. The molecule has 2 aromatic rings. The van der Waals surface area contributed by atoms with Crippen LogP contribution in [0.15, 0.2) is 41.8 Å². The minimum Gasteiger partial charge on any atom is -0.456 e. The van der Waals surface area contributed by atoms with Gasteiger partial charge in [-0.2, -0.15) is 0 Å².